The molecule has 2 atom stereocenters. The number of aryl methyl sites for hydroxylation is 1. The van der Waals surface area contributed by atoms with E-state index in [1.165, 1.54) is 25.0 Å². The Hall–Kier alpha value is -3.70. The third-order valence-electron chi connectivity index (χ3n) is 5.95. The zero-order valence-corrected chi connectivity index (χ0v) is 16.0. The number of nitrogens with one attached hydrogen (secondary N) is 1. The van der Waals surface area contributed by atoms with Crippen molar-refractivity contribution in [1.82, 2.24) is 29.7 Å². The number of nitrogens with zero attached hydrogens (tertiary/aromatic N) is 7. The van der Waals surface area contributed by atoms with Crippen molar-refractivity contribution in [3.63, 3.8) is 0 Å². The maximum atomic E-state index is 9.61. The van der Waals surface area contributed by atoms with E-state index >= 15 is 0 Å². The van der Waals surface area contributed by atoms with Crippen LogP contribution in [0.5, 0.6) is 0 Å². The molecular weight excluding hydrogens is 376 g/mol. The smallest absolute Gasteiger partial charge is 0.128 e. The summed E-state index contributed by atoms with van der Waals surface area (Å²) in [4.78, 5) is 7.01. The number of rotatable bonds is 3. The molecule has 7 rings (SSSR count). The van der Waals surface area contributed by atoms with Crippen molar-refractivity contribution in [1.29, 1.82) is 5.26 Å². The molecular formula is C22H20N8. The summed E-state index contributed by atoms with van der Waals surface area (Å²) in [6.45, 7) is -0.441. The molecule has 0 spiro atoms. The van der Waals surface area contributed by atoms with Crippen LogP contribution in [0, 0.1) is 11.3 Å². The number of hydrogen-bond acceptors (Lipinski definition) is 6. The monoisotopic (exact) mass is 399 g/mol. The molecule has 8 nitrogen and oxygen atoms in total. The highest BCUT2D eigenvalue weighted by atomic mass is 15.3. The fraction of sp³-hybridized carbons (Fsp3) is 0.273. The van der Waals surface area contributed by atoms with Gasteiger partial charge >= 0.3 is 0 Å². The lowest BCUT2D eigenvalue weighted by atomic mass is 9.91. The quantitative estimate of drug-likeness (QED) is 0.568. The predicted molar refractivity (Wildman–Crippen MR) is 113 cm³/mol. The van der Waals surface area contributed by atoms with Gasteiger partial charge in [0.2, 0.25) is 0 Å². The molecule has 2 bridgehead atoms. The first kappa shape index (κ1) is 14.3. The van der Waals surface area contributed by atoms with Crippen molar-refractivity contribution in [2.24, 2.45) is 6.98 Å². The Morgan fingerprint density at radius 1 is 1.10 bits per heavy atom. The van der Waals surface area contributed by atoms with E-state index in [1.54, 1.807) is 10.7 Å². The lowest BCUT2D eigenvalue weighted by molar-refractivity contribution is 0.225. The van der Waals surface area contributed by atoms with Crippen LogP contribution in [-0.2, 0) is 6.98 Å². The topological polar surface area (TPSA) is 87.1 Å². The summed E-state index contributed by atoms with van der Waals surface area (Å²) in [5, 5.41) is 21.5. The van der Waals surface area contributed by atoms with Gasteiger partial charge in [0, 0.05) is 77.1 Å². The molecule has 2 unspecified atom stereocenters. The van der Waals surface area contributed by atoms with Crippen molar-refractivity contribution < 1.29 is 4.11 Å². The van der Waals surface area contributed by atoms with E-state index in [0.29, 0.717) is 28.7 Å². The van der Waals surface area contributed by atoms with E-state index in [2.05, 4.69) is 26.5 Å². The fourth-order valence-electron chi connectivity index (χ4n) is 4.49. The molecule has 0 aromatic carbocycles. The highest BCUT2D eigenvalue weighted by molar-refractivity contribution is 5.87. The van der Waals surface area contributed by atoms with Gasteiger partial charge in [-0.15, -0.1) is 0 Å². The fourth-order valence-corrected chi connectivity index (χ4v) is 4.49. The minimum Gasteiger partial charge on any atom is -0.353 e. The van der Waals surface area contributed by atoms with Crippen LogP contribution in [0.25, 0.3) is 27.8 Å². The Morgan fingerprint density at radius 3 is 2.67 bits per heavy atom. The molecule has 1 N–H and O–H groups in total. The zero-order valence-electron chi connectivity index (χ0n) is 19.0. The first-order valence-corrected chi connectivity index (χ1v) is 9.83. The van der Waals surface area contributed by atoms with Gasteiger partial charge in [-0.1, -0.05) is 0 Å². The van der Waals surface area contributed by atoms with Crippen LogP contribution >= 0.6 is 0 Å². The second-order valence-electron chi connectivity index (χ2n) is 7.89. The lowest BCUT2D eigenvalue weighted by Crippen LogP contribution is -2.67. The third-order valence-corrected chi connectivity index (χ3v) is 5.95. The van der Waals surface area contributed by atoms with Gasteiger partial charge in [-0.2, -0.15) is 15.5 Å². The summed E-state index contributed by atoms with van der Waals surface area (Å²) in [6, 6.07) is 9.24. The molecule has 3 fully saturated rings. The van der Waals surface area contributed by atoms with Crippen LogP contribution in [0.3, 0.4) is 0 Å². The molecule has 0 aliphatic carbocycles. The van der Waals surface area contributed by atoms with Gasteiger partial charge < -0.3 is 10.2 Å². The van der Waals surface area contributed by atoms with E-state index in [4.69, 9.17) is 9.10 Å². The number of anilines is 1. The second-order valence-corrected chi connectivity index (χ2v) is 7.89. The van der Waals surface area contributed by atoms with Crippen LogP contribution in [0.15, 0.2) is 49.2 Å². The van der Waals surface area contributed by atoms with Crippen molar-refractivity contribution in [2.75, 3.05) is 18.0 Å². The van der Waals surface area contributed by atoms with Crippen LogP contribution in [0.4, 0.5) is 5.82 Å². The summed E-state index contributed by atoms with van der Waals surface area (Å²) in [5.41, 5.74) is 4.18. The van der Waals surface area contributed by atoms with E-state index in [1.807, 2.05) is 24.4 Å². The third kappa shape index (κ3) is 2.67. The largest absolute Gasteiger partial charge is 0.353 e. The summed E-state index contributed by atoms with van der Waals surface area (Å²) in [7, 11) is 0. The number of piperazine rings is 1. The number of hydrogen-bond donors (Lipinski definition) is 1. The molecule has 4 aromatic heterocycles. The Morgan fingerprint density at radius 2 is 1.97 bits per heavy atom. The van der Waals surface area contributed by atoms with Crippen molar-refractivity contribution >= 4 is 11.3 Å². The van der Waals surface area contributed by atoms with E-state index in [0.717, 1.165) is 40.3 Å². The number of aromatic nitrogens is 5. The summed E-state index contributed by atoms with van der Waals surface area (Å²) in [6.07, 6.45) is 9.36. The molecule has 7 heterocycles. The average Bonchev–Trinajstić information content (AvgIpc) is 3.45. The number of fused-ring (bicyclic) bond motifs is 3. The summed E-state index contributed by atoms with van der Waals surface area (Å²) < 4.78 is 25.3. The van der Waals surface area contributed by atoms with Gasteiger partial charge in [-0.25, -0.2) is 9.50 Å². The van der Waals surface area contributed by atoms with Crippen LogP contribution < -0.4 is 10.2 Å². The highest BCUT2D eigenvalue weighted by Crippen LogP contribution is 2.33. The molecule has 3 aliphatic rings. The van der Waals surface area contributed by atoms with E-state index < -0.39 is 6.98 Å². The molecule has 8 heteroatoms. The SMILES string of the molecule is [2H]C([2H])([2H])n1cc(-c2cc(-c3ccc(N4CC5CC(C4)N5)nc3)c3c(C#N)cnn3c2)cn1. The van der Waals surface area contributed by atoms with Gasteiger partial charge in [0.15, 0.2) is 0 Å². The second kappa shape index (κ2) is 6.40. The van der Waals surface area contributed by atoms with Crippen molar-refractivity contribution in [3.05, 3.63) is 54.7 Å². The summed E-state index contributed by atoms with van der Waals surface area (Å²) >= 11 is 0. The van der Waals surface area contributed by atoms with Crippen molar-refractivity contribution in [2.45, 2.75) is 18.5 Å². The molecule has 3 saturated heterocycles. The van der Waals surface area contributed by atoms with Crippen LogP contribution in [-0.4, -0.2) is 49.6 Å². The van der Waals surface area contributed by atoms with E-state index in [-0.39, 0.29) is 0 Å². The van der Waals surface area contributed by atoms with Gasteiger partial charge in [0.1, 0.15) is 11.9 Å². The van der Waals surface area contributed by atoms with Gasteiger partial charge in [-0.3, -0.25) is 4.68 Å². The minimum absolute atomic E-state index is 0.459. The maximum Gasteiger partial charge on any atom is 0.128 e. The number of pyridine rings is 2. The average molecular weight is 399 g/mol. The standard InChI is InChI=1S/C22H20N8/c1-28-10-17(9-25-28)15-4-20(22-16(6-23)8-26-30(22)11-15)14-2-3-21(24-7-14)29-12-18-5-19(13-29)27-18/h2-4,7-11,18-19,27H,5,12-13H2,1H3/i1D3. The molecule has 0 amide bonds. The summed E-state index contributed by atoms with van der Waals surface area (Å²) in [5.74, 6) is 0.940. The van der Waals surface area contributed by atoms with Crippen molar-refractivity contribution in [3.8, 4) is 28.3 Å². The predicted octanol–water partition coefficient (Wildman–Crippen LogP) is 2.22. The Labute approximate surface area is 177 Å². The number of nitriles is 1. The minimum atomic E-state index is -2.35. The first-order valence-electron chi connectivity index (χ1n) is 11.3. The molecule has 148 valence electrons. The van der Waals surface area contributed by atoms with E-state index in [9.17, 15) is 5.26 Å². The molecule has 0 saturated carbocycles. The molecule has 3 aliphatic heterocycles. The van der Waals surface area contributed by atoms with Crippen LogP contribution in [0.2, 0.25) is 0 Å². The molecule has 30 heavy (non-hydrogen) atoms. The van der Waals surface area contributed by atoms with Gasteiger partial charge in [0.25, 0.3) is 0 Å². The molecule has 0 radical (unpaired) electrons. The Bertz CT molecular complexity index is 1380. The Balaban J connectivity index is 1.42. The van der Waals surface area contributed by atoms with Gasteiger partial charge in [-0.05, 0) is 24.6 Å². The first-order chi connectivity index (χ1) is 15.9. The normalized spacial score (nSPS) is 22.1. The van der Waals surface area contributed by atoms with Crippen LogP contribution in [0.1, 0.15) is 16.1 Å². The van der Waals surface area contributed by atoms with Gasteiger partial charge in [0.05, 0.1) is 23.5 Å². The molecule has 4 aromatic rings. The zero-order chi connectivity index (χ0) is 22.7. The lowest BCUT2D eigenvalue weighted by Gasteiger charge is -2.48. The Kier molecular flexibility index (Phi) is 3.05. The highest BCUT2D eigenvalue weighted by Gasteiger charge is 2.36. The maximum absolute atomic E-state index is 9.61. The number of piperidine rings is 1.